The minimum Gasteiger partial charge on any atom is -0.478 e. The molecule has 0 aromatic heterocycles. The second-order valence-corrected chi connectivity index (χ2v) is 4.81. The molecule has 0 spiro atoms. The molecule has 1 saturated heterocycles. The molecule has 0 aliphatic carbocycles. The molecule has 1 amide bonds. The third-order valence-electron chi connectivity index (χ3n) is 3.28. The van der Waals surface area contributed by atoms with Crippen LogP contribution in [0.4, 0.5) is 5.69 Å². The van der Waals surface area contributed by atoms with Crippen molar-refractivity contribution < 1.29 is 14.7 Å². The minimum atomic E-state index is -0.992. The number of anilines is 1. The van der Waals surface area contributed by atoms with Crippen molar-refractivity contribution in [1.82, 2.24) is 5.32 Å². The summed E-state index contributed by atoms with van der Waals surface area (Å²) >= 11 is 0. The van der Waals surface area contributed by atoms with Crippen LogP contribution in [-0.4, -0.2) is 30.1 Å². The van der Waals surface area contributed by atoms with Gasteiger partial charge in [0, 0.05) is 17.7 Å². The lowest BCUT2D eigenvalue weighted by Gasteiger charge is -2.21. The molecule has 1 aromatic carbocycles. The molecule has 0 saturated carbocycles. The van der Waals surface area contributed by atoms with E-state index in [1.54, 1.807) is 24.3 Å². The topological polar surface area (TPSA) is 78.4 Å². The molecular weight excluding hydrogens is 256 g/mol. The predicted molar refractivity (Wildman–Crippen MR) is 77.3 cm³/mol. The number of hydrogen-bond acceptors (Lipinski definition) is 3. The van der Waals surface area contributed by atoms with Gasteiger partial charge in [0.05, 0.1) is 0 Å². The Balaban J connectivity index is 2.00. The summed E-state index contributed by atoms with van der Waals surface area (Å²) in [4.78, 5) is 22.6. The van der Waals surface area contributed by atoms with Crippen molar-refractivity contribution in [1.29, 1.82) is 0 Å². The number of carboxylic acids is 1. The van der Waals surface area contributed by atoms with Crippen molar-refractivity contribution in [2.24, 2.45) is 5.92 Å². The Morgan fingerprint density at radius 2 is 2.05 bits per heavy atom. The Kier molecular flexibility index (Phi) is 4.90. The molecule has 1 aromatic rings. The number of carbonyl (C=O) groups is 2. The highest BCUT2D eigenvalue weighted by Gasteiger charge is 2.20. The first-order valence-electron chi connectivity index (χ1n) is 6.68. The van der Waals surface area contributed by atoms with Crippen LogP contribution in [0, 0.1) is 5.92 Å². The van der Waals surface area contributed by atoms with Crippen molar-refractivity contribution >= 4 is 23.6 Å². The largest absolute Gasteiger partial charge is 0.478 e. The van der Waals surface area contributed by atoms with Crippen molar-refractivity contribution in [3.05, 3.63) is 35.9 Å². The lowest BCUT2D eigenvalue weighted by Crippen LogP contribution is -2.34. The fraction of sp³-hybridized carbons (Fsp3) is 0.333. The second kappa shape index (κ2) is 6.86. The maximum absolute atomic E-state index is 12.1. The maximum atomic E-state index is 12.1. The van der Waals surface area contributed by atoms with Gasteiger partial charge < -0.3 is 15.7 Å². The van der Waals surface area contributed by atoms with E-state index in [2.05, 4.69) is 10.6 Å². The molecule has 20 heavy (non-hydrogen) atoms. The number of benzene rings is 1. The van der Waals surface area contributed by atoms with Gasteiger partial charge in [-0.2, -0.15) is 0 Å². The smallest absolute Gasteiger partial charge is 0.328 e. The van der Waals surface area contributed by atoms with Crippen LogP contribution in [0.3, 0.4) is 0 Å². The zero-order valence-electron chi connectivity index (χ0n) is 11.1. The number of amides is 1. The monoisotopic (exact) mass is 274 g/mol. The molecular formula is C15H18N2O3. The van der Waals surface area contributed by atoms with E-state index in [4.69, 9.17) is 5.11 Å². The van der Waals surface area contributed by atoms with Crippen LogP contribution in [-0.2, 0) is 9.59 Å². The van der Waals surface area contributed by atoms with E-state index in [1.807, 2.05) is 0 Å². The summed E-state index contributed by atoms with van der Waals surface area (Å²) in [5.41, 5.74) is 1.44. The summed E-state index contributed by atoms with van der Waals surface area (Å²) in [5.74, 6) is -0.908. The highest BCUT2D eigenvalue weighted by atomic mass is 16.4. The molecule has 1 aliphatic heterocycles. The standard InChI is InChI=1S/C15H18N2O3/c18-14(19)5-4-11-2-1-3-13(10-11)17-15(20)12-6-8-16-9-7-12/h1-5,10,12,16H,6-9H2,(H,17,20)(H,18,19)/b5-4+. The zero-order chi connectivity index (χ0) is 14.4. The number of piperidine rings is 1. The molecule has 106 valence electrons. The van der Waals surface area contributed by atoms with E-state index in [1.165, 1.54) is 6.08 Å². The number of nitrogens with one attached hydrogen (secondary N) is 2. The molecule has 2 rings (SSSR count). The SMILES string of the molecule is O=C(O)/C=C/c1cccc(NC(=O)C2CCNCC2)c1. The highest BCUT2D eigenvalue weighted by molar-refractivity contribution is 5.93. The lowest BCUT2D eigenvalue weighted by atomic mass is 9.97. The molecule has 3 N–H and O–H groups in total. The van der Waals surface area contributed by atoms with Gasteiger partial charge in [0.1, 0.15) is 0 Å². The average molecular weight is 274 g/mol. The molecule has 1 aliphatic rings. The lowest BCUT2D eigenvalue weighted by molar-refractivity contribution is -0.131. The van der Waals surface area contributed by atoms with E-state index in [-0.39, 0.29) is 11.8 Å². The Labute approximate surface area is 117 Å². The zero-order valence-corrected chi connectivity index (χ0v) is 11.1. The summed E-state index contributed by atoms with van der Waals surface area (Å²) in [5, 5.41) is 14.7. The predicted octanol–water partition coefficient (Wildman–Crippen LogP) is 1.72. The van der Waals surface area contributed by atoms with Gasteiger partial charge in [0.25, 0.3) is 0 Å². The summed E-state index contributed by atoms with van der Waals surface area (Å²) in [6, 6.07) is 7.15. The first kappa shape index (κ1) is 14.3. The number of aliphatic carboxylic acids is 1. The highest BCUT2D eigenvalue weighted by Crippen LogP contribution is 2.17. The molecule has 1 fully saturated rings. The van der Waals surface area contributed by atoms with Crippen LogP contribution in [0.2, 0.25) is 0 Å². The van der Waals surface area contributed by atoms with Gasteiger partial charge >= 0.3 is 5.97 Å². The molecule has 0 atom stereocenters. The third kappa shape index (κ3) is 4.20. The second-order valence-electron chi connectivity index (χ2n) is 4.81. The van der Waals surface area contributed by atoms with Crippen molar-refractivity contribution in [3.63, 3.8) is 0 Å². The van der Waals surface area contributed by atoms with Gasteiger partial charge in [0.2, 0.25) is 5.91 Å². The van der Waals surface area contributed by atoms with Gasteiger partial charge in [-0.15, -0.1) is 0 Å². The first-order valence-corrected chi connectivity index (χ1v) is 6.68. The quantitative estimate of drug-likeness (QED) is 0.731. The Hall–Kier alpha value is -2.14. The molecule has 5 heteroatoms. The molecule has 1 heterocycles. The normalized spacial score (nSPS) is 16.2. The van der Waals surface area contributed by atoms with Crippen LogP contribution in [0.25, 0.3) is 6.08 Å². The van der Waals surface area contributed by atoms with Crippen LogP contribution in [0.15, 0.2) is 30.3 Å². The average Bonchev–Trinajstić information content (AvgIpc) is 2.46. The van der Waals surface area contributed by atoms with Crippen LogP contribution in [0.1, 0.15) is 18.4 Å². The summed E-state index contributed by atoms with van der Waals surface area (Å²) in [6.45, 7) is 1.75. The van der Waals surface area contributed by atoms with Gasteiger partial charge in [-0.25, -0.2) is 4.79 Å². The van der Waals surface area contributed by atoms with Crippen molar-refractivity contribution in [2.75, 3.05) is 18.4 Å². The van der Waals surface area contributed by atoms with E-state index >= 15 is 0 Å². The van der Waals surface area contributed by atoms with Gasteiger partial charge in [-0.05, 0) is 49.7 Å². The van der Waals surface area contributed by atoms with Crippen molar-refractivity contribution in [2.45, 2.75) is 12.8 Å². The molecule has 5 nitrogen and oxygen atoms in total. The van der Waals surface area contributed by atoms with Crippen LogP contribution < -0.4 is 10.6 Å². The molecule has 0 radical (unpaired) electrons. The third-order valence-corrected chi connectivity index (χ3v) is 3.28. The number of carboxylic acid groups (broad SMARTS) is 1. The fourth-order valence-corrected chi connectivity index (χ4v) is 2.22. The summed E-state index contributed by atoms with van der Waals surface area (Å²) in [7, 11) is 0. The minimum absolute atomic E-state index is 0.0332. The Bertz CT molecular complexity index is 520. The van der Waals surface area contributed by atoms with E-state index in [0.29, 0.717) is 5.69 Å². The van der Waals surface area contributed by atoms with Crippen LogP contribution >= 0.6 is 0 Å². The summed E-state index contributed by atoms with van der Waals surface area (Å²) in [6.07, 6.45) is 4.28. The van der Waals surface area contributed by atoms with Crippen molar-refractivity contribution in [3.8, 4) is 0 Å². The Morgan fingerprint density at radius 3 is 2.75 bits per heavy atom. The van der Waals surface area contributed by atoms with E-state index < -0.39 is 5.97 Å². The van der Waals surface area contributed by atoms with Gasteiger partial charge in [-0.3, -0.25) is 4.79 Å². The molecule has 0 unspecified atom stereocenters. The van der Waals surface area contributed by atoms with Gasteiger partial charge in [0.15, 0.2) is 0 Å². The van der Waals surface area contributed by atoms with Gasteiger partial charge in [-0.1, -0.05) is 12.1 Å². The maximum Gasteiger partial charge on any atom is 0.328 e. The summed E-state index contributed by atoms with van der Waals surface area (Å²) < 4.78 is 0. The number of hydrogen-bond donors (Lipinski definition) is 3. The fourth-order valence-electron chi connectivity index (χ4n) is 2.22. The van der Waals surface area contributed by atoms with E-state index in [9.17, 15) is 9.59 Å². The van der Waals surface area contributed by atoms with E-state index in [0.717, 1.165) is 37.6 Å². The first-order chi connectivity index (χ1) is 9.65. The number of rotatable bonds is 4. The Morgan fingerprint density at radius 1 is 1.30 bits per heavy atom. The number of carbonyl (C=O) groups excluding carboxylic acids is 1. The van der Waals surface area contributed by atoms with Crippen LogP contribution in [0.5, 0.6) is 0 Å². The molecule has 0 bridgehead atoms.